The second-order valence-corrected chi connectivity index (χ2v) is 5.00. The molecule has 2 rings (SSSR count). The number of hydrogen-bond donors (Lipinski definition) is 2. The fourth-order valence-corrected chi connectivity index (χ4v) is 1.72. The van der Waals surface area contributed by atoms with Gasteiger partial charge in [-0.1, -0.05) is 13.8 Å². The SMILES string of the molecule is CNc1cc(NCc2nc(C)c(C)o2)nc(C(C)C)n1. The van der Waals surface area contributed by atoms with Crippen LogP contribution in [0.5, 0.6) is 0 Å². The van der Waals surface area contributed by atoms with E-state index in [1.807, 2.05) is 27.0 Å². The normalized spacial score (nSPS) is 10.9. The molecule has 6 nitrogen and oxygen atoms in total. The predicted octanol–water partition coefficient (Wildman–Crippen LogP) is 2.86. The Morgan fingerprint density at radius 3 is 2.40 bits per heavy atom. The van der Waals surface area contributed by atoms with E-state index >= 15 is 0 Å². The van der Waals surface area contributed by atoms with Gasteiger partial charge in [0.2, 0.25) is 5.89 Å². The third kappa shape index (κ3) is 3.26. The van der Waals surface area contributed by atoms with E-state index in [4.69, 9.17) is 4.42 Å². The summed E-state index contributed by atoms with van der Waals surface area (Å²) >= 11 is 0. The van der Waals surface area contributed by atoms with Crippen LogP contribution >= 0.6 is 0 Å². The summed E-state index contributed by atoms with van der Waals surface area (Å²) in [5.74, 6) is 4.15. The van der Waals surface area contributed by atoms with Gasteiger partial charge in [0.15, 0.2) is 0 Å². The van der Waals surface area contributed by atoms with Gasteiger partial charge >= 0.3 is 0 Å². The molecule has 0 atom stereocenters. The minimum Gasteiger partial charge on any atom is -0.444 e. The van der Waals surface area contributed by atoms with Crippen molar-refractivity contribution >= 4 is 11.6 Å². The van der Waals surface area contributed by atoms with Crippen molar-refractivity contribution in [2.75, 3.05) is 17.7 Å². The fourth-order valence-electron chi connectivity index (χ4n) is 1.72. The van der Waals surface area contributed by atoms with Gasteiger partial charge in [0.1, 0.15) is 23.2 Å². The molecule has 0 amide bonds. The predicted molar refractivity (Wildman–Crippen MR) is 79.0 cm³/mol. The van der Waals surface area contributed by atoms with Gasteiger partial charge in [-0.2, -0.15) is 0 Å². The summed E-state index contributed by atoms with van der Waals surface area (Å²) in [6, 6.07) is 1.87. The molecular formula is C14H21N5O. The summed E-state index contributed by atoms with van der Waals surface area (Å²) in [7, 11) is 1.84. The van der Waals surface area contributed by atoms with Crippen LogP contribution in [0.4, 0.5) is 11.6 Å². The number of aryl methyl sites for hydroxylation is 2. The highest BCUT2D eigenvalue weighted by atomic mass is 16.4. The lowest BCUT2D eigenvalue weighted by Gasteiger charge is -2.10. The molecule has 0 aliphatic carbocycles. The quantitative estimate of drug-likeness (QED) is 0.874. The van der Waals surface area contributed by atoms with Gasteiger partial charge in [0.25, 0.3) is 0 Å². The van der Waals surface area contributed by atoms with Crippen LogP contribution in [-0.2, 0) is 6.54 Å². The van der Waals surface area contributed by atoms with Crippen molar-refractivity contribution in [3.05, 3.63) is 29.2 Å². The van der Waals surface area contributed by atoms with Gasteiger partial charge in [-0.25, -0.2) is 15.0 Å². The van der Waals surface area contributed by atoms with Crippen LogP contribution < -0.4 is 10.6 Å². The first-order valence-corrected chi connectivity index (χ1v) is 6.73. The second-order valence-electron chi connectivity index (χ2n) is 5.00. The van der Waals surface area contributed by atoms with Crippen LogP contribution in [0.15, 0.2) is 10.5 Å². The maximum Gasteiger partial charge on any atom is 0.213 e. The molecule has 2 N–H and O–H groups in total. The third-order valence-corrected chi connectivity index (χ3v) is 3.01. The lowest BCUT2D eigenvalue weighted by molar-refractivity contribution is 0.478. The summed E-state index contributed by atoms with van der Waals surface area (Å²) in [4.78, 5) is 13.3. The number of nitrogens with zero attached hydrogens (tertiary/aromatic N) is 3. The van der Waals surface area contributed by atoms with Crippen LogP contribution in [0.2, 0.25) is 0 Å². The number of aromatic nitrogens is 3. The molecule has 2 aromatic rings. The average Bonchev–Trinajstić information content (AvgIpc) is 2.75. The van der Waals surface area contributed by atoms with Gasteiger partial charge in [-0.3, -0.25) is 0 Å². The lowest BCUT2D eigenvalue weighted by atomic mass is 10.2. The van der Waals surface area contributed by atoms with Gasteiger partial charge in [-0.05, 0) is 13.8 Å². The van der Waals surface area contributed by atoms with Gasteiger partial charge < -0.3 is 15.1 Å². The van der Waals surface area contributed by atoms with E-state index in [2.05, 4.69) is 39.4 Å². The molecule has 2 aromatic heterocycles. The van der Waals surface area contributed by atoms with Crippen molar-refractivity contribution in [1.29, 1.82) is 0 Å². The number of rotatable bonds is 5. The first-order valence-electron chi connectivity index (χ1n) is 6.73. The molecule has 0 fully saturated rings. The van der Waals surface area contributed by atoms with Gasteiger partial charge in [0, 0.05) is 19.0 Å². The molecular weight excluding hydrogens is 254 g/mol. The summed E-state index contributed by atoms with van der Waals surface area (Å²) in [5.41, 5.74) is 0.920. The first kappa shape index (κ1) is 14.3. The number of anilines is 2. The molecule has 0 unspecified atom stereocenters. The van der Waals surface area contributed by atoms with Crippen LogP contribution in [-0.4, -0.2) is 22.0 Å². The average molecular weight is 275 g/mol. The maximum absolute atomic E-state index is 5.54. The Bertz CT molecular complexity index is 572. The second kappa shape index (κ2) is 5.90. The Morgan fingerprint density at radius 2 is 1.85 bits per heavy atom. The topological polar surface area (TPSA) is 75.9 Å². The van der Waals surface area contributed by atoms with Crippen LogP contribution in [0, 0.1) is 13.8 Å². The Hall–Kier alpha value is -2.11. The van der Waals surface area contributed by atoms with Crippen LogP contribution in [0.1, 0.15) is 42.9 Å². The molecule has 2 heterocycles. The van der Waals surface area contributed by atoms with Crippen LogP contribution in [0.25, 0.3) is 0 Å². The van der Waals surface area contributed by atoms with Gasteiger partial charge in [0.05, 0.1) is 12.2 Å². The van der Waals surface area contributed by atoms with Crippen molar-refractivity contribution < 1.29 is 4.42 Å². The highest BCUT2D eigenvalue weighted by molar-refractivity contribution is 5.47. The number of oxazole rings is 1. The smallest absolute Gasteiger partial charge is 0.213 e. The summed E-state index contributed by atoms with van der Waals surface area (Å²) in [5, 5.41) is 6.27. The molecule has 0 radical (unpaired) electrons. The molecule has 0 saturated carbocycles. The van der Waals surface area contributed by atoms with E-state index < -0.39 is 0 Å². The molecule has 108 valence electrons. The Labute approximate surface area is 119 Å². The zero-order valence-corrected chi connectivity index (χ0v) is 12.6. The highest BCUT2D eigenvalue weighted by Crippen LogP contribution is 2.17. The van der Waals surface area contributed by atoms with E-state index in [-0.39, 0.29) is 5.92 Å². The van der Waals surface area contributed by atoms with Crippen molar-refractivity contribution in [2.45, 2.75) is 40.2 Å². The van der Waals surface area contributed by atoms with Crippen molar-refractivity contribution in [3.8, 4) is 0 Å². The van der Waals surface area contributed by atoms with Gasteiger partial charge in [-0.15, -0.1) is 0 Å². The van der Waals surface area contributed by atoms with Crippen molar-refractivity contribution in [1.82, 2.24) is 15.0 Å². The van der Waals surface area contributed by atoms with E-state index in [1.54, 1.807) is 0 Å². The highest BCUT2D eigenvalue weighted by Gasteiger charge is 2.09. The van der Waals surface area contributed by atoms with Crippen LogP contribution in [0.3, 0.4) is 0 Å². The van der Waals surface area contributed by atoms with E-state index in [9.17, 15) is 0 Å². The molecule has 20 heavy (non-hydrogen) atoms. The fraction of sp³-hybridized carbons (Fsp3) is 0.500. The van der Waals surface area contributed by atoms with Crippen molar-refractivity contribution in [2.24, 2.45) is 0 Å². The van der Waals surface area contributed by atoms with E-state index in [0.717, 1.165) is 28.9 Å². The Kier molecular flexibility index (Phi) is 4.22. The third-order valence-electron chi connectivity index (χ3n) is 3.01. The molecule has 6 heteroatoms. The number of nitrogens with one attached hydrogen (secondary N) is 2. The number of hydrogen-bond acceptors (Lipinski definition) is 6. The zero-order valence-electron chi connectivity index (χ0n) is 12.6. The summed E-state index contributed by atoms with van der Waals surface area (Å²) in [6.45, 7) is 8.49. The molecule has 0 bridgehead atoms. The first-order chi connectivity index (χ1) is 9.49. The molecule has 0 aliphatic rings. The largest absolute Gasteiger partial charge is 0.444 e. The maximum atomic E-state index is 5.54. The monoisotopic (exact) mass is 275 g/mol. The molecule has 0 saturated heterocycles. The lowest BCUT2D eigenvalue weighted by Crippen LogP contribution is -2.07. The van der Waals surface area contributed by atoms with E-state index in [0.29, 0.717) is 12.4 Å². The summed E-state index contributed by atoms with van der Waals surface area (Å²) in [6.07, 6.45) is 0. The standard InChI is InChI=1S/C14H21N5O/c1-8(2)14-18-11(15-5)6-12(19-14)16-7-13-17-9(3)10(4)20-13/h6,8H,7H2,1-5H3,(H2,15,16,18,19). The molecule has 0 spiro atoms. The van der Waals surface area contributed by atoms with E-state index in [1.165, 1.54) is 0 Å². The van der Waals surface area contributed by atoms with Crippen molar-refractivity contribution in [3.63, 3.8) is 0 Å². The molecule has 0 aliphatic heterocycles. The molecule has 0 aromatic carbocycles. The Balaban J connectivity index is 2.14. The zero-order chi connectivity index (χ0) is 14.7. The Morgan fingerprint density at radius 1 is 1.15 bits per heavy atom. The minimum atomic E-state index is 0.273. The summed E-state index contributed by atoms with van der Waals surface area (Å²) < 4.78 is 5.54. The minimum absolute atomic E-state index is 0.273.